The largest absolute Gasteiger partial charge is 0.376 e. The number of hydrogen-bond acceptors (Lipinski definition) is 2. The van der Waals surface area contributed by atoms with Gasteiger partial charge in [-0.2, -0.15) is 0 Å². The lowest BCUT2D eigenvalue weighted by Crippen LogP contribution is -2.72. The molecule has 1 saturated heterocycles. The van der Waals surface area contributed by atoms with E-state index in [1.807, 2.05) is 0 Å². The van der Waals surface area contributed by atoms with Gasteiger partial charge in [0.25, 0.3) is 0 Å². The van der Waals surface area contributed by atoms with Crippen molar-refractivity contribution in [2.24, 2.45) is 0 Å². The molecule has 1 fully saturated rings. The normalized spacial score (nSPS) is 38.0. The van der Waals surface area contributed by atoms with Crippen LogP contribution in [-0.4, -0.2) is 35.7 Å². The van der Waals surface area contributed by atoms with Crippen LogP contribution < -0.4 is 0 Å². The van der Waals surface area contributed by atoms with Crippen LogP contribution in [0.2, 0.25) is 0 Å². The van der Waals surface area contributed by atoms with Gasteiger partial charge in [0.2, 0.25) is 0 Å². The first-order valence-electron chi connectivity index (χ1n) is 4.63. The Balaban J connectivity index is 2.60. The van der Waals surface area contributed by atoms with Crippen LogP contribution >= 0.6 is 0 Å². The molecule has 72 valence electrons. The molecule has 1 aliphatic heterocycles. The summed E-state index contributed by atoms with van der Waals surface area (Å²) in [6, 6.07) is 0.530. The van der Waals surface area contributed by atoms with Crippen molar-refractivity contribution in [2.45, 2.75) is 51.8 Å². The summed E-state index contributed by atoms with van der Waals surface area (Å²) in [5, 5.41) is 0. The lowest BCUT2D eigenvalue weighted by atomic mass is 9.81. The number of hydrogen-bond donors (Lipinski definition) is 0. The molecule has 2 unspecified atom stereocenters. The molecule has 0 radical (unpaired) electrons. The minimum atomic E-state index is 0.0767. The van der Waals surface area contributed by atoms with Crippen LogP contribution in [0, 0.1) is 0 Å². The monoisotopic (exact) mass is 171 g/mol. The maximum absolute atomic E-state index is 5.47. The highest BCUT2D eigenvalue weighted by atomic mass is 16.5. The standard InChI is InChI=1S/C10H21NO/c1-8-10(5,12-6)7-11(8)9(2,3)4/h8H,7H2,1-6H3. The molecule has 2 atom stereocenters. The molecule has 0 aromatic carbocycles. The Kier molecular flexibility index (Phi) is 2.26. The van der Waals surface area contributed by atoms with Gasteiger partial charge in [-0.25, -0.2) is 0 Å². The molecule has 2 heteroatoms. The van der Waals surface area contributed by atoms with Crippen molar-refractivity contribution in [2.75, 3.05) is 13.7 Å². The van der Waals surface area contributed by atoms with E-state index in [-0.39, 0.29) is 11.1 Å². The van der Waals surface area contributed by atoms with E-state index in [9.17, 15) is 0 Å². The van der Waals surface area contributed by atoms with Crippen molar-refractivity contribution >= 4 is 0 Å². The fourth-order valence-electron chi connectivity index (χ4n) is 1.88. The van der Waals surface area contributed by atoms with Gasteiger partial charge in [-0.15, -0.1) is 0 Å². The van der Waals surface area contributed by atoms with Crippen LogP contribution in [0.15, 0.2) is 0 Å². The Bertz CT molecular complexity index is 173. The second-order valence-corrected chi connectivity index (χ2v) is 4.99. The van der Waals surface area contributed by atoms with Gasteiger partial charge in [0, 0.05) is 25.2 Å². The SMILES string of the molecule is COC1(C)CN(C(C)(C)C)C1C. The van der Waals surface area contributed by atoms with Gasteiger partial charge >= 0.3 is 0 Å². The average Bonchev–Trinajstić information content (AvgIpc) is 1.96. The summed E-state index contributed by atoms with van der Waals surface area (Å²) in [6.45, 7) is 12.2. The van der Waals surface area contributed by atoms with E-state index >= 15 is 0 Å². The van der Waals surface area contributed by atoms with Crippen molar-refractivity contribution in [3.63, 3.8) is 0 Å². The molecule has 1 heterocycles. The van der Waals surface area contributed by atoms with Gasteiger partial charge in [0.05, 0.1) is 5.60 Å². The van der Waals surface area contributed by atoms with E-state index in [0.29, 0.717) is 6.04 Å². The maximum Gasteiger partial charge on any atom is 0.0929 e. The number of nitrogens with zero attached hydrogens (tertiary/aromatic N) is 1. The summed E-state index contributed by atoms with van der Waals surface area (Å²) >= 11 is 0. The van der Waals surface area contributed by atoms with Crippen LogP contribution in [0.4, 0.5) is 0 Å². The highest BCUT2D eigenvalue weighted by molar-refractivity contribution is 5.05. The molecule has 0 amide bonds. The van der Waals surface area contributed by atoms with Crippen LogP contribution in [0.3, 0.4) is 0 Å². The molecule has 0 saturated carbocycles. The number of rotatable bonds is 1. The summed E-state index contributed by atoms with van der Waals surface area (Å²) < 4.78 is 5.47. The summed E-state index contributed by atoms with van der Waals surface area (Å²) in [5.41, 5.74) is 0.352. The molecule has 0 N–H and O–H groups in total. The zero-order valence-electron chi connectivity index (χ0n) is 9.14. The smallest absolute Gasteiger partial charge is 0.0929 e. The summed E-state index contributed by atoms with van der Waals surface area (Å²) in [7, 11) is 1.80. The van der Waals surface area contributed by atoms with E-state index in [2.05, 4.69) is 39.5 Å². The highest BCUT2D eigenvalue weighted by Crippen LogP contribution is 2.36. The Morgan fingerprint density at radius 1 is 1.42 bits per heavy atom. The zero-order valence-corrected chi connectivity index (χ0v) is 9.14. The molecular formula is C10H21NO. The maximum atomic E-state index is 5.47. The first-order valence-corrected chi connectivity index (χ1v) is 4.63. The van der Waals surface area contributed by atoms with Crippen molar-refractivity contribution in [3.8, 4) is 0 Å². The lowest BCUT2D eigenvalue weighted by molar-refractivity contribution is -0.183. The predicted octanol–water partition coefficient (Wildman–Crippen LogP) is 1.89. The highest BCUT2D eigenvalue weighted by Gasteiger charge is 2.50. The Hall–Kier alpha value is -0.0800. The van der Waals surface area contributed by atoms with Gasteiger partial charge in [-0.1, -0.05) is 0 Å². The third kappa shape index (κ3) is 1.38. The average molecular weight is 171 g/mol. The van der Waals surface area contributed by atoms with E-state index in [1.165, 1.54) is 0 Å². The van der Waals surface area contributed by atoms with E-state index in [1.54, 1.807) is 7.11 Å². The molecular weight excluding hydrogens is 150 g/mol. The third-order valence-corrected chi connectivity index (χ3v) is 3.16. The third-order valence-electron chi connectivity index (χ3n) is 3.16. The summed E-state index contributed by atoms with van der Waals surface area (Å²) in [5.74, 6) is 0. The van der Waals surface area contributed by atoms with Gasteiger partial charge < -0.3 is 4.74 Å². The number of ether oxygens (including phenoxy) is 1. The van der Waals surface area contributed by atoms with Crippen LogP contribution in [0.5, 0.6) is 0 Å². The molecule has 0 aromatic heterocycles. The Labute approximate surface area is 75.9 Å². The molecule has 0 bridgehead atoms. The topological polar surface area (TPSA) is 12.5 Å². The fourth-order valence-corrected chi connectivity index (χ4v) is 1.88. The number of likely N-dealkylation sites (tertiary alicyclic amines) is 1. The first-order chi connectivity index (χ1) is 5.31. The van der Waals surface area contributed by atoms with Gasteiger partial charge in [0.1, 0.15) is 0 Å². The quantitative estimate of drug-likeness (QED) is 0.597. The van der Waals surface area contributed by atoms with Crippen molar-refractivity contribution in [3.05, 3.63) is 0 Å². The van der Waals surface area contributed by atoms with E-state index < -0.39 is 0 Å². The second-order valence-electron chi connectivity index (χ2n) is 4.99. The molecule has 1 aliphatic rings. The van der Waals surface area contributed by atoms with Gasteiger partial charge in [0.15, 0.2) is 0 Å². The van der Waals surface area contributed by atoms with Gasteiger partial charge in [-0.05, 0) is 34.6 Å². The molecule has 0 spiro atoms. The Morgan fingerprint density at radius 3 is 2.17 bits per heavy atom. The summed E-state index contributed by atoms with van der Waals surface area (Å²) in [4.78, 5) is 2.47. The molecule has 0 aromatic rings. The van der Waals surface area contributed by atoms with Crippen molar-refractivity contribution in [1.29, 1.82) is 0 Å². The van der Waals surface area contributed by atoms with Crippen molar-refractivity contribution < 1.29 is 4.74 Å². The van der Waals surface area contributed by atoms with E-state index in [0.717, 1.165) is 6.54 Å². The van der Waals surface area contributed by atoms with Gasteiger partial charge in [-0.3, -0.25) is 4.90 Å². The minimum Gasteiger partial charge on any atom is -0.376 e. The zero-order chi connectivity index (χ0) is 9.57. The molecule has 0 aliphatic carbocycles. The Morgan fingerprint density at radius 2 is 1.92 bits per heavy atom. The van der Waals surface area contributed by atoms with Crippen LogP contribution in [-0.2, 0) is 4.74 Å². The summed E-state index contributed by atoms with van der Waals surface area (Å²) in [6.07, 6.45) is 0. The van der Waals surface area contributed by atoms with E-state index in [4.69, 9.17) is 4.74 Å². The number of methoxy groups -OCH3 is 1. The second kappa shape index (κ2) is 2.71. The van der Waals surface area contributed by atoms with Crippen molar-refractivity contribution in [1.82, 2.24) is 4.90 Å². The fraction of sp³-hybridized carbons (Fsp3) is 1.00. The molecule has 12 heavy (non-hydrogen) atoms. The minimum absolute atomic E-state index is 0.0767. The first kappa shape index (κ1) is 10.0. The molecule has 2 nitrogen and oxygen atoms in total. The predicted molar refractivity (Wildman–Crippen MR) is 51.3 cm³/mol. The van der Waals surface area contributed by atoms with Crippen LogP contribution in [0.1, 0.15) is 34.6 Å². The molecule has 1 rings (SSSR count). The van der Waals surface area contributed by atoms with Crippen LogP contribution in [0.25, 0.3) is 0 Å². The lowest BCUT2D eigenvalue weighted by Gasteiger charge is -2.58.